The summed E-state index contributed by atoms with van der Waals surface area (Å²) in [6.07, 6.45) is 1.81. The summed E-state index contributed by atoms with van der Waals surface area (Å²) in [7, 11) is 1.60. The van der Waals surface area contributed by atoms with Crippen LogP contribution in [0.2, 0.25) is 0 Å². The number of methoxy groups -OCH3 is 1. The normalized spacial score (nSPS) is 11.7. The van der Waals surface area contributed by atoms with Crippen LogP contribution in [0.1, 0.15) is 11.5 Å². The highest BCUT2D eigenvalue weighted by atomic mass is 35.5. The van der Waals surface area contributed by atoms with E-state index in [9.17, 15) is 0 Å². The highest BCUT2D eigenvalue weighted by Crippen LogP contribution is 2.29. The maximum absolute atomic E-state index is 6.40. The van der Waals surface area contributed by atoms with Crippen molar-refractivity contribution < 1.29 is 9.26 Å². The number of rotatable bonds is 4. The van der Waals surface area contributed by atoms with Crippen LogP contribution in [-0.2, 0) is 0 Å². The highest BCUT2D eigenvalue weighted by molar-refractivity contribution is 6.50. The molecular formula is C21H15ClN2O2. The maximum Gasteiger partial charge on any atom is 0.269 e. The Morgan fingerprint density at radius 3 is 2.62 bits per heavy atom. The minimum atomic E-state index is 0.265. The molecule has 0 atom stereocenters. The predicted molar refractivity (Wildman–Crippen MR) is 104 cm³/mol. The zero-order valence-corrected chi connectivity index (χ0v) is 14.8. The van der Waals surface area contributed by atoms with E-state index in [0.29, 0.717) is 16.6 Å². The van der Waals surface area contributed by atoms with Crippen LogP contribution >= 0.6 is 11.6 Å². The van der Waals surface area contributed by atoms with Gasteiger partial charge in [-0.25, -0.2) is 0 Å². The average Bonchev–Trinajstić information content (AvgIpc) is 3.18. The number of para-hydroxylation sites is 1. The molecule has 0 aliphatic carbocycles. The van der Waals surface area contributed by atoms with Crippen molar-refractivity contribution in [3.8, 4) is 17.1 Å². The molecule has 3 aromatic carbocycles. The Balaban J connectivity index is 1.66. The summed E-state index contributed by atoms with van der Waals surface area (Å²) in [6.45, 7) is 0. The Morgan fingerprint density at radius 2 is 1.77 bits per heavy atom. The van der Waals surface area contributed by atoms with Crippen LogP contribution in [0.15, 0.2) is 71.3 Å². The Hall–Kier alpha value is -3.11. The molecule has 0 spiro atoms. The van der Waals surface area contributed by atoms with Crippen LogP contribution in [0.4, 0.5) is 0 Å². The Labute approximate surface area is 155 Å². The highest BCUT2D eigenvalue weighted by Gasteiger charge is 2.14. The van der Waals surface area contributed by atoms with E-state index in [-0.39, 0.29) is 5.89 Å². The van der Waals surface area contributed by atoms with Crippen LogP contribution < -0.4 is 4.74 Å². The van der Waals surface area contributed by atoms with Crippen molar-refractivity contribution in [1.82, 2.24) is 10.1 Å². The molecule has 0 saturated heterocycles. The van der Waals surface area contributed by atoms with Crippen molar-refractivity contribution in [3.05, 3.63) is 78.2 Å². The first-order valence-corrected chi connectivity index (χ1v) is 8.46. The van der Waals surface area contributed by atoms with Gasteiger partial charge in [0.05, 0.1) is 12.7 Å². The zero-order chi connectivity index (χ0) is 17.9. The van der Waals surface area contributed by atoms with Gasteiger partial charge in [0.1, 0.15) is 10.8 Å². The summed E-state index contributed by atoms with van der Waals surface area (Å²) in [5.41, 5.74) is 1.71. The molecule has 4 rings (SSSR count). The van der Waals surface area contributed by atoms with E-state index < -0.39 is 0 Å². The molecule has 0 bridgehead atoms. The van der Waals surface area contributed by atoms with E-state index in [4.69, 9.17) is 20.9 Å². The first-order valence-electron chi connectivity index (χ1n) is 8.08. The number of benzene rings is 3. The number of nitrogens with zero attached hydrogens (tertiary/aromatic N) is 2. The number of aromatic nitrogens is 2. The number of ether oxygens (including phenoxy) is 1. The molecular weight excluding hydrogens is 348 g/mol. The van der Waals surface area contributed by atoms with Crippen LogP contribution in [0.5, 0.6) is 5.75 Å². The summed E-state index contributed by atoms with van der Waals surface area (Å²) >= 11 is 6.40. The van der Waals surface area contributed by atoms with Gasteiger partial charge in [-0.15, -0.1) is 0 Å². The molecule has 0 aliphatic heterocycles. The van der Waals surface area contributed by atoms with E-state index in [1.165, 1.54) is 5.39 Å². The smallest absolute Gasteiger partial charge is 0.269 e. The molecule has 0 saturated carbocycles. The Bertz CT molecular complexity index is 1100. The molecule has 0 aliphatic rings. The van der Waals surface area contributed by atoms with Crippen LogP contribution in [0, 0.1) is 0 Å². The average molecular weight is 363 g/mol. The van der Waals surface area contributed by atoms with Gasteiger partial charge in [-0.05, 0) is 40.6 Å². The van der Waals surface area contributed by atoms with Gasteiger partial charge in [0.2, 0.25) is 5.82 Å². The van der Waals surface area contributed by atoms with Crippen molar-refractivity contribution in [1.29, 1.82) is 0 Å². The molecule has 0 unspecified atom stereocenters. The van der Waals surface area contributed by atoms with Gasteiger partial charge in [0.25, 0.3) is 5.89 Å². The fraction of sp³-hybridized carbons (Fsp3) is 0.0476. The molecule has 0 N–H and O–H groups in total. The summed E-state index contributed by atoms with van der Waals surface area (Å²) in [5.74, 6) is 1.37. The molecule has 5 heteroatoms. The molecule has 128 valence electrons. The third-order valence-corrected chi connectivity index (χ3v) is 4.32. The summed E-state index contributed by atoms with van der Waals surface area (Å²) in [4.78, 5) is 4.39. The largest absolute Gasteiger partial charge is 0.496 e. The fourth-order valence-corrected chi connectivity index (χ4v) is 2.97. The number of fused-ring (bicyclic) bond motifs is 1. The SMILES string of the molecule is COc1ccccc1-c1noc(/C(Cl)=C/c2ccc3ccccc3c2)n1. The van der Waals surface area contributed by atoms with E-state index in [1.54, 1.807) is 7.11 Å². The Kier molecular flexibility index (Phi) is 4.42. The summed E-state index contributed by atoms with van der Waals surface area (Å²) < 4.78 is 10.7. The van der Waals surface area contributed by atoms with Crippen molar-refractivity contribution in [3.63, 3.8) is 0 Å². The molecule has 4 aromatic rings. The lowest BCUT2D eigenvalue weighted by Crippen LogP contribution is -1.88. The quantitative estimate of drug-likeness (QED) is 0.471. The van der Waals surface area contributed by atoms with Crippen LogP contribution in [-0.4, -0.2) is 17.3 Å². The molecule has 1 heterocycles. The lowest BCUT2D eigenvalue weighted by Gasteiger charge is -2.03. The predicted octanol–water partition coefficient (Wildman–Crippen LogP) is 5.64. The van der Waals surface area contributed by atoms with Gasteiger partial charge in [0, 0.05) is 0 Å². The van der Waals surface area contributed by atoms with Gasteiger partial charge in [0.15, 0.2) is 0 Å². The van der Waals surface area contributed by atoms with Crippen molar-refractivity contribution in [2.24, 2.45) is 0 Å². The van der Waals surface area contributed by atoms with Gasteiger partial charge in [-0.3, -0.25) is 0 Å². The zero-order valence-electron chi connectivity index (χ0n) is 14.0. The van der Waals surface area contributed by atoms with Crippen LogP contribution in [0.3, 0.4) is 0 Å². The van der Waals surface area contributed by atoms with E-state index in [0.717, 1.165) is 16.5 Å². The summed E-state index contributed by atoms with van der Waals surface area (Å²) in [5, 5.41) is 6.72. The minimum absolute atomic E-state index is 0.265. The first kappa shape index (κ1) is 16.4. The molecule has 0 radical (unpaired) electrons. The fourth-order valence-electron chi connectivity index (χ4n) is 2.76. The lowest BCUT2D eigenvalue weighted by atomic mass is 10.1. The molecule has 0 amide bonds. The van der Waals surface area contributed by atoms with Crippen LogP contribution in [0.25, 0.3) is 33.3 Å². The third kappa shape index (κ3) is 3.19. The number of hydrogen-bond acceptors (Lipinski definition) is 4. The monoisotopic (exact) mass is 362 g/mol. The Morgan fingerprint density at radius 1 is 1.00 bits per heavy atom. The third-order valence-electron chi connectivity index (χ3n) is 4.05. The molecule has 1 aromatic heterocycles. The van der Waals surface area contributed by atoms with Gasteiger partial charge in [-0.1, -0.05) is 65.3 Å². The van der Waals surface area contributed by atoms with Crippen molar-refractivity contribution >= 4 is 33.5 Å². The number of hydrogen-bond donors (Lipinski definition) is 0. The minimum Gasteiger partial charge on any atom is -0.496 e. The van der Waals surface area contributed by atoms with Gasteiger partial charge in [-0.2, -0.15) is 4.98 Å². The lowest BCUT2D eigenvalue weighted by molar-refractivity contribution is 0.406. The first-order chi connectivity index (χ1) is 12.7. The molecule has 0 fully saturated rings. The van der Waals surface area contributed by atoms with E-state index in [1.807, 2.05) is 48.5 Å². The summed E-state index contributed by atoms with van der Waals surface area (Å²) in [6, 6.07) is 21.8. The topological polar surface area (TPSA) is 48.2 Å². The van der Waals surface area contributed by atoms with E-state index >= 15 is 0 Å². The second-order valence-corrected chi connectivity index (χ2v) is 6.13. The van der Waals surface area contributed by atoms with Crippen molar-refractivity contribution in [2.75, 3.05) is 7.11 Å². The molecule has 4 nitrogen and oxygen atoms in total. The molecule has 26 heavy (non-hydrogen) atoms. The van der Waals surface area contributed by atoms with Gasteiger partial charge < -0.3 is 9.26 Å². The maximum atomic E-state index is 6.40. The van der Waals surface area contributed by atoms with Gasteiger partial charge >= 0.3 is 0 Å². The number of halogens is 1. The standard InChI is InChI=1S/C21H15ClN2O2/c1-25-19-9-5-4-8-17(19)20-23-21(26-24-20)18(22)13-14-10-11-15-6-2-3-7-16(15)12-14/h2-13H,1H3/b18-13-. The van der Waals surface area contributed by atoms with E-state index in [2.05, 4.69) is 34.4 Å². The second kappa shape index (κ2) is 7.02. The second-order valence-electron chi connectivity index (χ2n) is 5.72. The van der Waals surface area contributed by atoms with Crippen molar-refractivity contribution in [2.45, 2.75) is 0 Å².